The predicted molar refractivity (Wildman–Crippen MR) is 88.1 cm³/mol. The molecule has 0 radical (unpaired) electrons. The Morgan fingerprint density at radius 3 is 3.09 bits per heavy atom. The lowest BCUT2D eigenvalue weighted by Crippen LogP contribution is -2.53. The maximum absolute atomic E-state index is 13.3. The van der Waals surface area contributed by atoms with Gasteiger partial charge in [0.05, 0.1) is 18.4 Å². The second-order valence-electron chi connectivity index (χ2n) is 5.50. The number of morpholine rings is 1. The molecule has 0 aliphatic carbocycles. The highest BCUT2D eigenvalue weighted by Crippen LogP contribution is 2.26. The van der Waals surface area contributed by atoms with Crippen molar-refractivity contribution in [1.82, 2.24) is 10.3 Å². The van der Waals surface area contributed by atoms with Crippen LogP contribution >= 0.6 is 11.3 Å². The summed E-state index contributed by atoms with van der Waals surface area (Å²) in [5.74, 6) is -0.400. The van der Waals surface area contributed by atoms with Crippen molar-refractivity contribution in [2.24, 2.45) is 0 Å². The average Bonchev–Trinajstić information content (AvgIpc) is 2.99. The van der Waals surface area contributed by atoms with Gasteiger partial charge in [-0.1, -0.05) is 0 Å². The van der Waals surface area contributed by atoms with Gasteiger partial charge in [-0.15, -0.1) is 11.3 Å². The van der Waals surface area contributed by atoms with Gasteiger partial charge in [0.25, 0.3) is 0 Å². The van der Waals surface area contributed by atoms with Crippen LogP contribution in [0.25, 0.3) is 11.3 Å². The number of ether oxygens (including phenoxy) is 1. The highest BCUT2D eigenvalue weighted by molar-refractivity contribution is 7.14. The van der Waals surface area contributed by atoms with Crippen molar-refractivity contribution in [3.05, 3.63) is 35.0 Å². The van der Waals surface area contributed by atoms with E-state index in [2.05, 4.69) is 15.6 Å². The van der Waals surface area contributed by atoms with E-state index in [1.807, 2.05) is 12.3 Å². The number of nitrogens with zero attached hydrogens (tertiary/aromatic N) is 1. The van der Waals surface area contributed by atoms with Crippen LogP contribution in [0.1, 0.15) is 12.5 Å². The van der Waals surface area contributed by atoms with Crippen molar-refractivity contribution in [3.8, 4) is 11.3 Å². The first-order chi connectivity index (χ1) is 11.0. The van der Waals surface area contributed by atoms with Gasteiger partial charge in [0.2, 0.25) is 5.91 Å². The maximum Gasteiger partial charge on any atom is 0.245 e. The molecular weight excluding hydrogens is 317 g/mol. The van der Waals surface area contributed by atoms with Gasteiger partial charge in [0, 0.05) is 17.5 Å². The maximum atomic E-state index is 13.3. The quantitative estimate of drug-likeness (QED) is 0.905. The van der Waals surface area contributed by atoms with Crippen molar-refractivity contribution in [2.45, 2.75) is 26.0 Å². The van der Waals surface area contributed by atoms with E-state index in [4.69, 9.17) is 4.74 Å². The molecule has 0 unspecified atom stereocenters. The second-order valence-corrected chi connectivity index (χ2v) is 6.36. The third-order valence-corrected chi connectivity index (χ3v) is 4.54. The largest absolute Gasteiger partial charge is 0.375 e. The molecule has 1 amide bonds. The number of benzene rings is 1. The molecule has 2 atom stereocenters. The molecule has 1 aliphatic rings. The zero-order valence-corrected chi connectivity index (χ0v) is 13.7. The molecule has 3 rings (SSSR count). The second kappa shape index (κ2) is 6.74. The Balaban J connectivity index is 1.71. The molecule has 1 fully saturated rings. The molecule has 2 heterocycles. The summed E-state index contributed by atoms with van der Waals surface area (Å²) in [6.45, 7) is 4.84. The summed E-state index contributed by atoms with van der Waals surface area (Å²) in [4.78, 5) is 16.7. The number of anilines is 1. The average molecular weight is 335 g/mol. The van der Waals surface area contributed by atoms with Crippen LogP contribution in [0.3, 0.4) is 0 Å². The Kier molecular flexibility index (Phi) is 4.70. The first-order valence-electron chi connectivity index (χ1n) is 7.42. The summed E-state index contributed by atoms with van der Waals surface area (Å²) >= 11 is 1.34. The number of thiazole rings is 1. The molecule has 1 saturated heterocycles. The normalized spacial score (nSPS) is 21.2. The van der Waals surface area contributed by atoms with E-state index in [9.17, 15) is 9.18 Å². The van der Waals surface area contributed by atoms with Gasteiger partial charge in [-0.2, -0.15) is 0 Å². The van der Waals surface area contributed by atoms with Crippen LogP contribution in [-0.2, 0) is 9.53 Å². The summed E-state index contributed by atoms with van der Waals surface area (Å²) in [5, 5.41) is 8.31. The molecule has 122 valence electrons. The van der Waals surface area contributed by atoms with E-state index in [-0.39, 0.29) is 23.9 Å². The van der Waals surface area contributed by atoms with Gasteiger partial charge in [-0.25, -0.2) is 9.37 Å². The molecule has 1 aromatic heterocycles. The van der Waals surface area contributed by atoms with E-state index in [1.165, 1.54) is 17.4 Å². The smallest absolute Gasteiger partial charge is 0.245 e. The van der Waals surface area contributed by atoms with Gasteiger partial charge < -0.3 is 15.4 Å². The van der Waals surface area contributed by atoms with Gasteiger partial charge in [0.1, 0.15) is 11.9 Å². The van der Waals surface area contributed by atoms with Crippen molar-refractivity contribution in [2.75, 3.05) is 18.5 Å². The molecule has 2 N–H and O–H groups in total. The zero-order chi connectivity index (χ0) is 16.4. The van der Waals surface area contributed by atoms with E-state index >= 15 is 0 Å². The lowest BCUT2D eigenvalue weighted by molar-refractivity contribution is -0.123. The van der Waals surface area contributed by atoms with Crippen LogP contribution in [0.5, 0.6) is 0 Å². The van der Waals surface area contributed by atoms with E-state index in [0.29, 0.717) is 29.5 Å². The van der Waals surface area contributed by atoms with Gasteiger partial charge in [0.15, 0.2) is 5.13 Å². The van der Waals surface area contributed by atoms with E-state index < -0.39 is 0 Å². The lowest BCUT2D eigenvalue weighted by atomic mass is 10.1. The molecule has 5 nitrogen and oxygen atoms in total. The first kappa shape index (κ1) is 16.0. The van der Waals surface area contributed by atoms with Gasteiger partial charge in [-0.05, 0) is 37.6 Å². The lowest BCUT2D eigenvalue weighted by Gasteiger charge is -2.28. The molecule has 1 aromatic carbocycles. The number of nitrogens with one attached hydrogen (secondary N) is 2. The van der Waals surface area contributed by atoms with Crippen LogP contribution in [0.4, 0.5) is 9.52 Å². The predicted octanol–water partition coefficient (Wildman–Crippen LogP) is 2.57. The number of rotatable bonds is 3. The Morgan fingerprint density at radius 2 is 2.35 bits per heavy atom. The van der Waals surface area contributed by atoms with Gasteiger partial charge >= 0.3 is 0 Å². The van der Waals surface area contributed by atoms with E-state index in [0.717, 1.165) is 5.56 Å². The Labute approximate surface area is 137 Å². The fraction of sp³-hybridized carbons (Fsp3) is 0.375. The zero-order valence-electron chi connectivity index (χ0n) is 12.9. The number of hydrogen-bond donors (Lipinski definition) is 2. The first-order valence-corrected chi connectivity index (χ1v) is 8.30. The summed E-state index contributed by atoms with van der Waals surface area (Å²) in [6, 6.07) is 4.47. The van der Waals surface area contributed by atoms with Gasteiger partial charge in [-0.3, -0.25) is 4.79 Å². The number of amides is 1. The SMILES string of the molecule is Cc1cc(-c2csc(NC(=O)[C@H]3NCCO[C@@H]3C)n2)ccc1F. The number of carbonyl (C=O) groups is 1. The number of aryl methyl sites for hydroxylation is 1. The minimum atomic E-state index is -0.385. The van der Waals surface area contributed by atoms with Crippen LogP contribution in [0.2, 0.25) is 0 Å². The topological polar surface area (TPSA) is 63.2 Å². The number of hydrogen-bond acceptors (Lipinski definition) is 5. The fourth-order valence-corrected chi connectivity index (χ4v) is 3.20. The van der Waals surface area contributed by atoms with Crippen molar-refractivity contribution >= 4 is 22.4 Å². The Bertz CT molecular complexity index is 719. The van der Waals surface area contributed by atoms with Crippen LogP contribution in [0.15, 0.2) is 23.6 Å². The van der Waals surface area contributed by atoms with Crippen LogP contribution < -0.4 is 10.6 Å². The Morgan fingerprint density at radius 1 is 1.52 bits per heavy atom. The fourth-order valence-electron chi connectivity index (χ4n) is 2.48. The van der Waals surface area contributed by atoms with Crippen LogP contribution in [-0.4, -0.2) is 36.2 Å². The monoisotopic (exact) mass is 335 g/mol. The van der Waals surface area contributed by atoms with Crippen molar-refractivity contribution in [1.29, 1.82) is 0 Å². The minimum absolute atomic E-state index is 0.159. The molecule has 1 aliphatic heterocycles. The number of aromatic nitrogens is 1. The number of halogens is 1. The highest BCUT2D eigenvalue weighted by Gasteiger charge is 2.28. The molecule has 7 heteroatoms. The molecular formula is C16H18FN3O2S. The minimum Gasteiger partial charge on any atom is -0.375 e. The van der Waals surface area contributed by atoms with Crippen molar-refractivity contribution < 1.29 is 13.9 Å². The highest BCUT2D eigenvalue weighted by atomic mass is 32.1. The molecule has 0 spiro atoms. The third kappa shape index (κ3) is 3.57. The molecule has 0 bridgehead atoms. The summed E-state index contributed by atoms with van der Waals surface area (Å²) in [6.07, 6.45) is -0.178. The van der Waals surface area contributed by atoms with Crippen LogP contribution in [0, 0.1) is 12.7 Å². The standard InChI is InChI=1S/C16H18FN3O2S/c1-9-7-11(3-4-12(9)17)13-8-23-16(19-13)20-15(21)14-10(2)22-6-5-18-14/h3-4,7-8,10,14,18H,5-6H2,1-2H3,(H,19,20,21)/t10-,14+/m1/s1. The molecule has 0 saturated carbocycles. The number of carbonyl (C=O) groups excluding carboxylic acids is 1. The summed E-state index contributed by atoms with van der Waals surface area (Å²) < 4.78 is 18.8. The molecule has 2 aromatic rings. The summed E-state index contributed by atoms with van der Waals surface area (Å²) in [7, 11) is 0. The summed E-state index contributed by atoms with van der Waals surface area (Å²) in [5.41, 5.74) is 2.11. The Hall–Kier alpha value is -1.83. The van der Waals surface area contributed by atoms with Crippen molar-refractivity contribution in [3.63, 3.8) is 0 Å². The molecule has 23 heavy (non-hydrogen) atoms. The van der Waals surface area contributed by atoms with E-state index in [1.54, 1.807) is 19.1 Å². The third-order valence-electron chi connectivity index (χ3n) is 3.79.